The van der Waals surface area contributed by atoms with E-state index in [9.17, 15) is 4.39 Å². The number of nitrogens with zero attached hydrogens (tertiary/aromatic N) is 3. The van der Waals surface area contributed by atoms with Gasteiger partial charge in [0, 0.05) is 36.1 Å². The number of halogens is 1. The van der Waals surface area contributed by atoms with Crippen LogP contribution in [0.25, 0.3) is 11.3 Å². The van der Waals surface area contributed by atoms with Gasteiger partial charge in [-0.3, -0.25) is 5.10 Å². The minimum atomic E-state index is -0.219. The Kier molecular flexibility index (Phi) is 3.83. The molecular weight excluding hydrogens is 311 g/mol. The average Bonchev–Trinajstić information content (AvgIpc) is 3.28. The number of thiazole rings is 1. The fourth-order valence-corrected chi connectivity index (χ4v) is 3.94. The van der Waals surface area contributed by atoms with Gasteiger partial charge >= 0.3 is 0 Å². The minimum absolute atomic E-state index is 0.219. The summed E-state index contributed by atoms with van der Waals surface area (Å²) in [6.07, 6.45) is 6.24. The first-order valence-electron chi connectivity index (χ1n) is 7.75. The number of aromatic nitrogens is 3. The smallest absolute Gasteiger partial charge is 0.185 e. The van der Waals surface area contributed by atoms with Crippen LogP contribution in [0.1, 0.15) is 24.3 Å². The van der Waals surface area contributed by atoms with Crippen LogP contribution < -0.4 is 4.90 Å². The number of piperidine rings is 1. The van der Waals surface area contributed by atoms with Crippen LogP contribution in [0.15, 0.2) is 42.0 Å². The van der Waals surface area contributed by atoms with E-state index in [0.29, 0.717) is 5.92 Å². The molecule has 118 valence electrons. The van der Waals surface area contributed by atoms with Crippen LogP contribution in [0.2, 0.25) is 0 Å². The van der Waals surface area contributed by atoms with Gasteiger partial charge in [0.1, 0.15) is 5.82 Å². The third kappa shape index (κ3) is 2.99. The van der Waals surface area contributed by atoms with Crippen LogP contribution in [-0.2, 0) is 0 Å². The number of rotatable bonds is 3. The molecule has 4 nitrogen and oxygen atoms in total. The Morgan fingerprint density at radius 2 is 2.13 bits per heavy atom. The Morgan fingerprint density at radius 1 is 1.26 bits per heavy atom. The third-order valence-corrected chi connectivity index (χ3v) is 5.22. The molecule has 1 aliphatic rings. The first-order chi connectivity index (χ1) is 11.3. The molecule has 1 saturated heterocycles. The van der Waals surface area contributed by atoms with E-state index in [4.69, 9.17) is 4.98 Å². The number of H-pyrrole nitrogens is 1. The molecule has 0 bridgehead atoms. The number of nitrogens with one attached hydrogen (secondary N) is 1. The zero-order valence-corrected chi connectivity index (χ0v) is 13.4. The second kappa shape index (κ2) is 6.12. The topological polar surface area (TPSA) is 44.8 Å². The van der Waals surface area contributed by atoms with Gasteiger partial charge in [-0.2, -0.15) is 5.10 Å². The molecule has 0 spiro atoms. The lowest BCUT2D eigenvalue weighted by Gasteiger charge is -2.32. The van der Waals surface area contributed by atoms with Gasteiger partial charge in [0.05, 0.1) is 11.9 Å². The highest BCUT2D eigenvalue weighted by molar-refractivity contribution is 7.14. The SMILES string of the molecule is Fc1ccc(-c2csc(N3CCC[C@H](c4cn[nH]c4)C3)n2)cc1. The van der Waals surface area contributed by atoms with Crippen molar-refractivity contribution in [3.8, 4) is 11.3 Å². The summed E-state index contributed by atoms with van der Waals surface area (Å²) in [5.74, 6) is 0.281. The van der Waals surface area contributed by atoms with Crippen LogP contribution >= 0.6 is 11.3 Å². The van der Waals surface area contributed by atoms with Crippen molar-refractivity contribution in [1.82, 2.24) is 15.2 Å². The number of anilines is 1. The fraction of sp³-hybridized carbons (Fsp3) is 0.294. The highest BCUT2D eigenvalue weighted by Crippen LogP contribution is 2.33. The van der Waals surface area contributed by atoms with Crippen LogP contribution in [0.5, 0.6) is 0 Å². The second-order valence-corrected chi connectivity index (χ2v) is 6.68. The second-order valence-electron chi connectivity index (χ2n) is 5.84. The van der Waals surface area contributed by atoms with Crippen molar-refractivity contribution in [2.24, 2.45) is 0 Å². The first-order valence-corrected chi connectivity index (χ1v) is 8.62. The molecule has 1 fully saturated rings. The van der Waals surface area contributed by atoms with Gasteiger partial charge in [0.15, 0.2) is 5.13 Å². The quantitative estimate of drug-likeness (QED) is 0.789. The number of benzene rings is 1. The van der Waals surface area contributed by atoms with Crippen LogP contribution in [0.3, 0.4) is 0 Å². The van der Waals surface area contributed by atoms with E-state index < -0.39 is 0 Å². The molecule has 1 N–H and O–H groups in total. The largest absolute Gasteiger partial charge is 0.347 e. The van der Waals surface area contributed by atoms with E-state index in [1.807, 2.05) is 17.8 Å². The molecule has 4 rings (SSSR count). The van der Waals surface area contributed by atoms with Crippen LogP contribution in [-0.4, -0.2) is 28.3 Å². The lowest BCUT2D eigenvalue weighted by Crippen LogP contribution is -2.34. The van der Waals surface area contributed by atoms with E-state index in [-0.39, 0.29) is 5.82 Å². The molecule has 1 aromatic carbocycles. The monoisotopic (exact) mass is 328 g/mol. The van der Waals surface area contributed by atoms with Crippen molar-refractivity contribution < 1.29 is 4.39 Å². The van der Waals surface area contributed by atoms with Crippen molar-refractivity contribution >= 4 is 16.5 Å². The Labute approximate surface area is 138 Å². The normalized spacial score (nSPS) is 18.3. The van der Waals surface area contributed by atoms with Gasteiger partial charge in [-0.1, -0.05) is 0 Å². The van der Waals surface area contributed by atoms with Gasteiger partial charge in [0.2, 0.25) is 0 Å². The molecule has 0 aliphatic carbocycles. The van der Waals surface area contributed by atoms with Crippen molar-refractivity contribution in [3.05, 3.63) is 53.4 Å². The molecule has 0 saturated carbocycles. The summed E-state index contributed by atoms with van der Waals surface area (Å²) in [7, 11) is 0. The molecule has 0 unspecified atom stereocenters. The number of aromatic amines is 1. The molecule has 0 radical (unpaired) electrons. The van der Waals surface area contributed by atoms with Crippen LogP contribution in [0.4, 0.5) is 9.52 Å². The summed E-state index contributed by atoms with van der Waals surface area (Å²) in [6.45, 7) is 2.00. The van der Waals surface area contributed by atoms with E-state index in [1.54, 1.807) is 23.5 Å². The van der Waals surface area contributed by atoms with Gasteiger partial charge in [0.25, 0.3) is 0 Å². The van der Waals surface area contributed by atoms with Gasteiger partial charge in [-0.25, -0.2) is 9.37 Å². The predicted octanol–water partition coefficient (Wildman–Crippen LogP) is 4.06. The standard InChI is InChI=1S/C17H17FN4S/c18-15-5-3-12(4-6-15)16-11-23-17(21-16)22-7-1-2-13(10-22)14-8-19-20-9-14/h3-6,8-9,11,13H,1-2,7,10H2,(H,19,20)/t13-/m0/s1. The van der Waals surface area contributed by atoms with Crippen molar-refractivity contribution in [1.29, 1.82) is 0 Å². The van der Waals surface area contributed by atoms with Crippen LogP contribution in [0, 0.1) is 5.82 Å². The molecule has 23 heavy (non-hydrogen) atoms. The molecular formula is C17H17FN4S. The Morgan fingerprint density at radius 3 is 2.91 bits per heavy atom. The Bertz CT molecular complexity index is 766. The summed E-state index contributed by atoms with van der Waals surface area (Å²) in [5.41, 5.74) is 3.14. The fourth-order valence-electron chi connectivity index (χ4n) is 3.07. The Hall–Kier alpha value is -2.21. The maximum absolute atomic E-state index is 13.0. The Balaban J connectivity index is 1.53. The predicted molar refractivity (Wildman–Crippen MR) is 90.3 cm³/mol. The number of hydrogen-bond acceptors (Lipinski definition) is 4. The highest BCUT2D eigenvalue weighted by atomic mass is 32.1. The summed E-state index contributed by atoms with van der Waals surface area (Å²) in [6, 6.07) is 6.51. The van der Waals surface area contributed by atoms with Crippen molar-refractivity contribution in [3.63, 3.8) is 0 Å². The maximum Gasteiger partial charge on any atom is 0.185 e. The van der Waals surface area contributed by atoms with Gasteiger partial charge < -0.3 is 4.90 Å². The lowest BCUT2D eigenvalue weighted by atomic mass is 9.93. The lowest BCUT2D eigenvalue weighted by molar-refractivity contribution is 0.510. The van der Waals surface area contributed by atoms with Gasteiger partial charge in [-0.15, -0.1) is 11.3 Å². The molecule has 3 aromatic rings. The molecule has 6 heteroatoms. The van der Waals surface area contributed by atoms with E-state index in [2.05, 4.69) is 15.1 Å². The zero-order chi connectivity index (χ0) is 15.6. The zero-order valence-electron chi connectivity index (χ0n) is 12.6. The maximum atomic E-state index is 13.0. The third-order valence-electron chi connectivity index (χ3n) is 4.31. The summed E-state index contributed by atoms with van der Waals surface area (Å²) < 4.78 is 13.0. The summed E-state index contributed by atoms with van der Waals surface area (Å²) in [5, 5.41) is 10.0. The van der Waals surface area contributed by atoms with E-state index in [0.717, 1.165) is 35.9 Å². The van der Waals surface area contributed by atoms with E-state index >= 15 is 0 Å². The molecule has 2 aromatic heterocycles. The van der Waals surface area contributed by atoms with Crippen molar-refractivity contribution in [2.45, 2.75) is 18.8 Å². The minimum Gasteiger partial charge on any atom is -0.347 e. The molecule has 1 atom stereocenters. The molecule has 1 aliphatic heterocycles. The van der Waals surface area contributed by atoms with Gasteiger partial charge in [-0.05, 0) is 42.7 Å². The average molecular weight is 328 g/mol. The van der Waals surface area contributed by atoms with Crippen molar-refractivity contribution in [2.75, 3.05) is 18.0 Å². The van der Waals surface area contributed by atoms with E-state index in [1.165, 1.54) is 24.1 Å². The highest BCUT2D eigenvalue weighted by Gasteiger charge is 2.24. The molecule has 3 heterocycles. The summed E-state index contributed by atoms with van der Waals surface area (Å²) in [4.78, 5) is 7.09. The number of hydrogen-bond donors (Lipinski definition) is 1. The molecule has 0 amide bonds. The first kappa shape index (κ1) is 14.4. The summed E-state index contributed by atoms with van der Waals surface area (Å²) >= 11 is 1.65.